The minimum absolute atomic E-state index is 0.130. The number of aromatic nitrogens is 4. The van der Waals surface area contributed by atoms with Crippen molar-refractivity contribution in [1.82, 2.24) is 19.5 Å². The second-order valence-electron chi connectivity index (χ2n) is 5.83. The number of nitrogens with zero attached hydrogens (tertiary/aromatic N) is 6. The molecule has 2 heterocycles. The summed E-state index contributed by atoms with van der Waals surface area (Å²) < 4.78 is 1.91. The van der Waals surface area contributed by atoms with Crippen LogP contribution in [0.3, 0.4) is 0 Å². The van der Waals surface area contributed by atoms with Crippen molar-refractivity contribution in [3.05, 3.63) is 6.33 Å². The number of fused-ring (bicyclic) bond motifs is 1. The van der Waals surface area contributed by atoms with E-state index in [1.54, 1.807) is 6.33 Å². The Hall–Kier alpha value is -2.18. The second-order valence-corrected chi connectivity index (χ2v) is 5.83. The van der Waals surface area contributed by atoms with E-state index in [1.165, 1.54) is 0 Å². The van der Waals surface area contributed by atoms with Gasteiger partial charge in [0.1, 0.15) is 0 Å². The largest absolute Gasteiger partial charge is 0.361 e. The lowest BCUT2D eigenvalue weighted by Gasteiger charge is -2.17. The van der Waals surface area contributed by atoms with Crippen LogP contribution < -0.4 is 9.80 Å². The van der Waals surface area contributed by atoms with E-state index in [0.717, 1.165) is 29.8 Å². The summed E-state index contributed by atoms with van der Waals surface area (Å²) in [5, 5.41) is 0. The van der Waals surface area contributed by atoms with Gasteiger partial charge >= 0.3 is 0 Å². The van der Waals surface area contributed by atoms with Gasteiger partial charge in [0, 0.05) is 34.6 Å². The smallest absolute Gasteiger partial charge is 0.228 e. The minimum atomic E-state index is -0.130. The number of ketones is 1. The Bertz CT molecular complexity index is 690. The Morgan fingerprint density at radius 1 is 1.19 bits per heavy atom. The minimum Gasteiger partial charge on any atom is -0.361 e. The first kappa shape index (κ1) is 13.8. The normalized spacial score (nSPS) is 18.5. The summed E-state index contributed by atoms with van der Waals surface area (Å²) in [6, 6.07) is -0.130. The van der Waals surface area contributed by atoms with Gasteiger partial charge in [-0.15, -0.1) is 0 Å². The molecule has 1 aliphatic rings. The third kappa shape index (κ3) is 2.22. The predicted octanol–water partition coefficient (Wildman–Crippen LogP) is 1.25. The van der Waals surface area contributed by atoms with Crippen molar-refractivity contribution < 1.29 is 4.79 Å². The van der Waals surface area contributed by atoms with Crippen LogP contribution in [0.1, 0.15) is 25.3 Å². The van der Waals surface area contributed by atoms with Crippen molar-refractivity contribution in [2.24, 2.45) is 0 Å². The molecular weight excluding hydrogens is 268 g/mol. The van der Waals surface area contributed by atoms with Crippen molar-refractivity contribution in [2.45, 2.75) is 25.3 Å². The molecule has 2 aromatic rings. The standard InChI is InChI=1S/C14H20N6O/c1-18(2)12-11-13(17-14(16-12)19(3)4)20(8-15-11)9-6-5-7-10(9)21/h8-9H,5-7H2,1-4H3. The number of imidazole rings is 1. The van der Waals surface area contributed by atoms with Crippen molar-refractivity contribution in [1.29, 1.82) is 0 Å². The van der Waals surface area contributed by atoms with Gasteiger partial charge < -0.3 is 14.4 Å². The van der Waals surface area contributed by atoms with Crippen LogP contribution in [-0.2, 0) is 4.79 Å². The number of carbonyl (C=O) groups excluding carboxylic acids is 1. The summed E-state index contributed by atoms with van der Waals surface area (Å²) in [5.41, 5.74) is 1.47. The van der Waals surface area contributed by atoms with E-state index in [2.05, 4.69) is 15.0 Å². The number of carbonyl (C=O) groups is 1. The molecule has 0 radical (unpaired) electrons. The highest BCUT2D eigenvalue weighted by Crippen LogP contribution is 2.31. The number of Topliss-reactive ketones (excluding diaryl/α,β-unsaturated/α-hetero) is 1. The molecule has 0 aliphatic heterocycles. The lowest BCUT2D eigenvalue weighted by Crippen LogP contribution is -2.19. The van der Waals surface area contributed by atoms with Gasteiger partial charge in [0.05, 0.1) is 12.4 Å². The van der Waals surface area contributed by atoms with Gasteiger partial charge in [0.25, 0.3) is 0 Å². The van der Waals surface area contributed by atoms with Crippen molar-refractivity contribution in [2.75, 3.05) is 38.0 Å². The van der Waals surface area contributed by atoms with Crippen LogP contribution in [-0.4, -0.2) is 53.5 Å². The predicted molar refractivity (Wildman–Crippen MR) is 81.9 cm³/mol. The highest BCUT2D eigenvalue weighted by atomic mass is 16.1. The first-order chi connectivity index (χ1) is 9.99. The molecule has 1 fully saturated rings. The zero-order chi connectivity index (χ0) is 15.1. The molecule has 0 aromatic carbocycles. The fourth-order valence-electron chi connectivity index (χ4n) is 2.72. The number of hydrogen-bond acceptors (Lipinski definition) is 6. The Labute approximate surface area is 123 Å². The number of rotatable bonds is 3. The number of anilines is 2. The van der Waals surface area contributed by atoms with E-state index in [4.69, 9.17) is 0 Å². The van der Waals surface area contributed by atoms with Gasteiger partial charge in [-0.25, -0.2) is 4.98 Å². The fourth-order valence-corrected chi connectivity index (χ4v) is 2.72. The summed E-state index contributed by atoms with van der Waals surface area (Å²) in [7, 11) is 7.67. The molecule has 3 rings (SSSR count). The molecule has 1 saturated carbocycles. The van der Waals surface area contributed by atoms with Crippen LogP contribution >= 0.6 is 0 Å². The van der Waals surface area contributed by atoms with Gasteiger partial charge in [-0.1, -0.05) is 0 Å². The lowest BCUT2D eigenvalue weighted by atomic mass is 10.2. The topological polar surface area (TPSA) is 67.2 Å². The van der Waals surface area contributed by atoms with E-state index in [1.807, 2.05) is 42.6 Å². The average molecular weight is 288 g/mol. The van der Waals surface area contributed by atoms with E-state index in [-0.39, 0.29) is 11.8 Å². The molecule has 0 bridgehead atoms. The van der Waals surface area contributed by atoms with Gasteiger partial charge in [-0.2, -0.15) is 9.97 Å². The molecule has 0 N–H and O–H groups in total. The highest BCUT2D eigenvalue weighted by molar-refractivity contribution is 5.89. The molecule has 21 heavy (non-hydrogen) atoms. The Kier molecular flexibility index (Phi) is 3.27. The van der Waals surface area contributed by atoms with Crippen LogP contribution in [0.25, 0.3) is 11.2 Å². The molecule has 7 nitrogen and oxygen atoms in total. The van der Waals surface area contributed by atoms with Crippen molar-refractivity contribution in [3.63, 3.8) is 0 Å². The highest BCUT2D eigenvalue weighted by Gasteiger charge is 2.28. The summed E-state index contributed by atoms with van der Waals surface area (Å²) in [5.74, 6) is 1.66. The lowest BCUT2D eigenvalue weighted by molar-refractivity contribution is -0.120. The maximum atomic E-state index is 12.0. The molecule has 7 heteroatoms. The molecule has 0 spiro atoms. The van der Waals surface area contributed by atoms with Crippen LogP contribution in [0.2, 0.25) is 0 Å². The molecule has 2 aromatic heterocycles. The van der Waals surface area contributed by atoms with E-state index < -0.39 is 0 Å². The van der Waals surface area contributed by atoms with Crippen molar-refractivity contribution >= 4 is 28.7 Å². The zero-order valence-electron chi connectivity index (χ0n) is 12.9. The van der Waals surface area contributed by atoms with E-state index in [9.17, 15) is 4.79 Å². The van der Waals surface area contributed by atoms with Crippen LogP contribution in [0, 0.1) is 0 Å². The maximum Gasteiger partial charge on any atom is 0.228 e. The Balaban J connectivity index is 2.21. The monoisotopic (exact) mass is 288 g/mol. The second kappa shape index (κ2) is 4.98. The summed E-state index contributed by atoms with van der Waals surface area (Å²) >= 11 is 0. The van der Waals surface area contributed by atoms with Gasteiger partial charge in [0.2, 0.25) is 5.95 Å². The quantitative estimate of drug-likeness (QED) is 0.847. The first-order valence-electron chi connectivity index (χ1n) is 7.11. The molecule has 1 unspecified atom stereocenters. The third-order valence-electron chi connectivity index (χ3n) is 3.82. The van der Waals surface area contributed by atoms with Crippen LogP contribution in [0.4, 0.5) is 11.8 Å². The molecule has 1 aliphatic carbocycles. The SMILES string of the molecule is CN(C)c1nc(N(C)C)c2ncn(C3CCCC3=O)c2n1. The first-order valence-corrected chi connectivity index (χ1v) is 7.11. The summed E-state index contributed by atoms with van der Waals surface area (Å²) in [6.45, 7) is 0. The molecule has 0 saturated heterocycles. The maximum absolute atomic E-state index is 12.0. The van der Waals surface area contributed by atoms with Crippen molar-refractivity contribution in [3.8, 4) is 0 Å². The van der Waals surface area contributed by atoms with Gasteiger partial charge in [0.15, 0.2) is 22.8 Å². The summed E-state index contributed by atoms with van der Waals surface area (Å²) in [4.78, 5) is 29.4. The van der Waals surface area contributed by atoms with Gasteiger partial charge in [-0.05, 0) is 12.8 Å². The average Bonchev–Trinajstić information content (AvgIpc) is 3.02. The van der Waals surface area contributed by atoms with Crippen LogP contribution in [0.5, 0.6) is 0 Å². The Morgan fingerprint density at radius 2 is 1.95 bits per heavy atom. The summed E-state index contributed by atoms with van der Waals surface area (Å²) in [6.07, 6.45) is 4.17. The molecular formula is C14H20N6O. The molecule has 1 atom stereocenters. The van der Waals surface area contributed by atoms with E-state index in [0.29, 0.717) is 12.4 Å². The zero-order valence-corrected chi connectivity index (χ0v) is 12.9. The third-order valence-corrected chi connectivity index (χ3v) is 3.82. The number of hydrogen-bond donors (Lipinski definition) is 0. The molecule has 0 amide bonds. The van der Waals surface area contributed by atoms with Gasteiger partial charge in [-0.3, -0.25) is 4.79 Å². The van der Waals surface area contributed by atoms with Crippen LogP contribution in [0.15, 0.2) is 6.33 Å². The van der Waals surface area contributed by atoms with E-state index >= 15 is 0 Å². The Morgan fingerprint density at radius 3 is 2.52 bits per heavy atom. The fraction of sp³-hybridized carbons (Fsp3) is 0.571. The molecule has 112 valence electrons.